The highest BCUT2D eigenvalue weighted by atomic mass is 19.1. The zero-order chi connectivity index (χ0) is 13.0. The van der Waals surface area contributed by atoms with Crippen LogP contribution in [0.2, 0.25) is 0 Å². The Morgan fingerprint density at radius 3 is 2.61 bits per heavy atom. The molecule has 1 heterocycles. The standard InChI is InChI=1S/C14H19FN2O/c1-11(17-9-5-2-6-10-17)14(18)16-13-8-4-3-7-12(13)15/h3-4,7-8,11H,2,5-6,9-10H2,1H3,(H,16,18)/p+1/t11-/m1/s1. The molecule has 1 aromatic rings. The van der Waals surface area contributed by atoms with Crippen molar-refractivity contribution in [2.75, 3.05) is 18.4 Å². The molecule has 0 unspecified atom stereocenters. The molecule has 1 aromatic carbocycles. The van der Waals surface area contributed by atoms with Crippen LogP contribution in [0.1, 0.15) is 26.2 Å². The van der Waals surface area contributed by atoms with Gasteiger partial charge in [0.15, 0.2) is 6.04 Å². The van der Waals surface area contributed by atoms with Gasteiger partial charge in [-0.15, -0.1) is 0 Å². The summed E-state index contributed by atoms with van der Waals surface area (Å²) < 4.78 is 13.4. The third-order valence-electron chi connectivity index (χ3n) is 3.63. The first-order valence-corrected chi connectivity index (χ1v) is 6.58. The molecule has 1 saturated heterocycles. The molecule has 1 aliphatic rings. The summed E-state index contributed by atoms with van der Waals surface area (Å²) in [7, 11) is 0. The van der Waals surface area contributed by atoms with Crippen LogP contribution in [0.3, 0.4) is 0 Å². The van der Waals surface area contributed by atoms with Gasteiger partial charge < -0.3 is 10.2 Å². The predicted octanol–water partition coefficient (Wildman–Crippen LogP) is 1.22. The molecule has 2 rings (SSSR count). The van der Waals surface area contributed by atoms with E-state index in [2.05, 4.69) is 5.32 Å². The number of likely N-dealkylation sites (tertiary alicyclic amines) is 1. The highest BCUT2D eigenvalue weighted by Gasteiger charge is 2.26. The van der Waals surface area contributed by atoms with Crippen LogP contribution in [-0.2, 0) is 4.79 Å². The Kier molecular flexibility index (Phi) is 4.31. The Morgan fingerprint density at radius 2 is 1.94 bits per heavy atom. The summed E-state index contributed by atoms with van der Waals surface area (Å²) in [5.41, 5.74) is 0.269. The van der Waals surface area contributed by atoms with Gasteiger partial charge in [0.1, 0.15) is 5.82 Å². The normalized spacial score (nSPS) is 18.3. The van der Waals surface area contributed by atoms with Crippen molar-refractivity contribution in [3.05, 3.63) is 30.1 Å². The van der Waals surface area contributed by atoms with Crippen molar-refractivity contribution in [3.63, 3.8) is 0 Å². The van der Waals surface area contributed by atoms with Crippen LogP contribution >= 0.6 is 0 Å². The molecule has 1 aliphatic heterocycles. The predicted molar refractivity (Wildman–Crippen MR) is 69.0 cm³/mol. The number of nitrogens with one attached hydrogen (secondary N) is 2. The van der Waals surface area contributed by atoms with Gasteiger partial charge in [-0.1, -0.05) is 12.1 Å². The number of piperidine rings is 1. The van der Waals surface area contributed by atoms with Crippen molar-refractivity contribution >= 4 is 11.6 Å². The molecule has 1 fully saturated rings. The average molecular weight is 251 g/mol. The number of anilines is 1. The van der Waals surface area contributed by atoms with Crippen LogP contribution in [0.4, 0.5) is 10.1 Å². The van der Waals surface area contributed by atoms with E-state index in [0.29, 0.717) is 0 Å². The SMILES string of the molecule is C[C@H](C(=O)Nc1ccccc1F)[NH+]1CCCCC1. The first kappa shape index (κ1) is 13.0. The van der Waals surface area contributed by atoms with E-state index < -0.39 is 0 Å². The molecule has 0 aromatic heterocycles. The largest absolute Gasteiger partial charge is 0.325 e. The second-order valence-corrected chi connectivity index (χ2v) is 4.91. The lowest BCUT2D eigenvalue weighted by Crippen LogP contribution is -3.17. The van der Waals surface area contributed by atoms with E-state index in [1.165, 1.54) is 30.2 Å². The van der Waals surface area contributed by atoms with Gasteiger partial charge in [0.25, 0.3) is 5.91 Å². The van der Waals surface area contributed by atoms with Gasteiger partial charge in [-0.25, -0.2) is 4.39 Å². The van der Waals surface area contributed by atoms with Gasteiger partial charge in [-0.3, -0.25) is 4.79 Å². The smallest absolute Gasteiger partial charge is 0.282 e. The number of quaternary nitrogens is 1. The van der Waals surface area contributed by atoms with Crippen molar-refractivity contribution in [2.45, 2.75) is 32.2 Å². The van der Waals surface area contributed by atoms with Gasteiger partial charge in [0.05, 0.1) is 18.8 Å². The number of carbonyl (C=O) groups is 1. The Hall–Kier alpha value is -1.42. The van der Waals surface area contributed by atoms with E-state index in [9.17, 15) is 9.18 Å². The minimum Gasteiger partial charge on any atom is -0.325 e. The third kappa shape index (κ3) is 3.07. The number of amides is 1. The number of hydrogen-bond acceptors (Lipinski definition) is 1. The minimum absolute atomic E-state index is 0.100. The van der Waals surface area contributed by atoms with Gasteiger partial charge in [-0.2, -0.15) is 0 Å². The average Bonchev–Trinajstić information content (AvgIpc) is 2.41. The fraction of sp³-hybridized carbons (Fsp3) is 0.500. The maximum Gasteiger partial charge on any atom is 0.282 e. The van der Waals surface area contributed by atoms with Crippen LogP contribution < -0.4 is 10.2 Å². The summed E-state index contributed by atoms with van der Waals surface area (Å²) >= 11 is 0. The topological polar surface area (TPSA) is 33.5 Å². The van der Waals surface area contributed by atoms with Gasteiger partial charge >= 0.3 is 0 Å². The van der Waals surface area contributed by atoms with E-state index >= 15 is 0 Å². The summed E-state index contributed by atoms with van der Waals surface area (Å²) in [5.74, 6) is -0.483. The minimum atomic E-state index is -0.383. The second kappa shape index (κ2) is 5.96. The first-order valence-electron chi connectivity index (χ1n) is 6.58. The van der Waals surface area contributed by atoms with Crippen molar-refractivity contribution in [3.8, 4) is 0 Å². The number of para-hydroxylation sites is 1. The molecule has 98 valence electrons. The maximum absolute atomic E-state index is 13.4. The lowest BCUT2D eigenvalue weighted by molar-refractivity contribution is -0.918. The molecule has 0 bridgehead atoms. The first-order chi connectivity index (χ1) is 8.68. The van der Waals surface area contributed by atoms with Crippen molar-refractivity contribution in [2.24, 2.45) is 0 Å². The van der Waals surface area contributed by atoms with E-state index in [4.69, 9.17) is 0 Å². The quantitative estimate of drug-likeness (QED) is 0.832. The fourth-order valence-electron chi connectivity index (χ4n) is 2.43. The molecular weight excluding hydrogens is 231 g/mol. The second-order valence-electron chi connectivity index (χ2n) is 4.91. The van der Waals surface area contributed by atoms with Crippen LogP contribution in [0.25, 0.3) is 0 Å². The maximum atomic E-state index is 13.4. The van der Waals surface area contributed by atoms with E-state index in [1.54, 1.807) is 18.2 Å². The Bertz CT molecular complexity index is 416. The molecule has 0 saturated carbocycles. The molecule has 4 heteroatoms. The number of carbonyl (C=O) groups excluding carboxylic acids is 1. The van der Waals surface area contributed by atoms with Gasteiger partial charge in [0, 0.05) is 0 Å². The molecule has 0 radical (unpaired) electrons. The molecule has 1 atom stereocenters. The van der Waals surface area contributed by atoms with E-state index in [0.717, 1.165) is 13.1 Å². The molecule has 0 aliphatic carbocycles. The molecule has 18 heavy (non-hydrogen) atoms. The molecule has 0 spiro atoms. The lowest BCUT2D eigenvalue weighted by atomic mass is 10.1. The van der Waals surface area contributed by atoms with Crippen molar-refractivity contribution < 1.29 is 14.1 Å². The number of rotatable bonds is 3. The zero-order valence-corrected chi connectivity index (χ0v) is 10.7. The van der Waals surface area contributed by atoms with Crippen LogP contribution in [0.15, 0.2) is 24.3 Å². The Labute approximate surface area is 107 Å². The monoisotopic (exact) mass is 251 g/mol. The number of benzene rings is 1. The summed E-state index contributed by atoms with van der Waals surface area (Å²) in [6.45, 7) is 3.98. The highest BCUT2D eigenvalue weighted by molar-refractivity contribution is 5.93. The number of hydrogen-bond donors (Lipinski definition) is 2. The van der Waals surface area contributed by atoms with Crippen LogP contribution in [0.5, 0.6) is 0 Å². The van der Waals surface area contributed by atoms with Gasteiger partial charge in [0.2, 0.25) is 0 Å². The summed E-state index contributed by atoms with van der Waals surface area (Å²) in [6.07, 6.45) is 3.60. The molecule has 1 amide bonds. The van der Waals surface area contributed by atoms with Crippen molar-refractivity contribution in [1.82, 2.24) is 0 Å². The van der Waals surface area contributed by atoms with Crippen LogP contribution in [-0.4, -0.2) is 25.0 Å². The molecule has 2 N–H and O–H groups in total. The molecule has 3 nitrogen and oxygen atoms in total. The van der Waals surface area contributed by atoms with E-state index in [-0.39, 0.29) is 23.5 Å². The Morgan fingerprint density at radius 1 is 1.28 bits per heavy atom. The Balaban J connectivity index is 1.97. The van der Waals surface area contributed by atoms with Gasteiger partial charge in [-0.05, 0) is 38.3 Å². The number of halogens is 1. The van der Waals surface area contributed by atoms with E-state index in [1.807, 2.05) is 6.92 Å². The lowest BCUT2D eigenvalue weighted by Gasteiger charge is -2.28. The molecular formula is C14H20FN2O+. The zero-order valence-electron chi connectivity index (χ0n) is 10.7. The van der Waals surface area contributed by atoms with Crippen LogP contribution in [0, 0.1) is 5.82 Å². The summed E-state index contributed by atoms with van der Waals surface area (Å²) in [6, 6.07) is 6.16. The fourth-order valence-corrected chi connectivity index (χ4v) is 2.43. The third-order valence-corrected chi connectivity index (χ3v) is 3.63. The summed E-state index contributed by atoms with van der Waals surface area (Å²) in [5, 5.41) is 2.67. The van der Waals surface area contributed by atoms with Crippen molar-refractivity contribution in [1.29, 1.82) is 0 Å². The summed E-state index contributed by atoms with van der Waals surface area (Å²) in [4.78, 5) is 13.4. The highest BCUT2D eigenvalue weighted by Crippen LogP contribution is 2.12.